The summed E-state index contributed by atoms with van der Waals surface area (Å²) in [6.07, 6.45) is 1.19. The summed E-state index contributed by atoms with van der Waals surface area (Å²) < 4.78 is 1.95. The Kier molecular flexibility index (Phi) is 3.58. The van der Waals surface area contributed by atoms with E-state index in [-0.39, 0.29) is 4.11 Å². The van der Waals surface area contributed by atoms with E-state index in [9.17, 15) is 5.11 Å². The molecule has 1 saturated heterocycles. The molecule has 0 amide bonds. The van der Waals surface area contributed by atoms with Gasteiger partial charge in [-0.25, -0.2) is 0 Å². The van der Waals surface area contributed by atoms with Gasteiger partial charge >= 0.3 is 76.1 Å². The minimum atomic E-state index is -1.06. The Hall–Kier alpha value is 0.650. The van der Waals surface area contributed by atoms with E-state index in [0.717, 1.165) is 0 Å². The Morgan fingerprint density at radius 3 is 2.45 bits per heavy atom. The Morgan fingerprint density at radius 2 is 2.09 bits per heavy atom. The van der Waals surface area contributed by atoms with E-state index in [2.05, 4.69) is 26.1 Å². The predicted octanol–water partition coefficient (Wildman–Crippen LogP) is 1.56. The number of nitrogens with one attached hydrogen (secondary N) is 1. The van der Waals surface area contributed by atoms with Crippen molar-refractivity contribution in [3.05, 3.63) is 0 Å². The number of halogens is 1. The zero-order valence-corrected chi connectivity index (χ0v) is 9.63. The van der Waals surface area contributed by atoms with Crippen LogP contribution in [0.3, 0.4) is 0 Å². The van der Waals surface area contributed by atoms with Crippen molar-refractivity contribution in [2.75, 3.05) is 4.43 Å². The van der Waals surface area contributed by atoms with Crippen LogP contribution in [0.2, 0.25) is 0 Å². The Bertz CT molecular complexity index is 131. The molecule has 0 bridgehead atoms. The van der Waals surface area contributed by atoms with E-state index in [1.165, 1.54) is 10.8 Å². The van der Waals surface area contributed by atoms with Gasteiger partial charge in [0.2, 0.25) is 0 Å². The van der Waals surface area contributed by atoms with Crippen LogP contribution in [-0.4, -0.2) is 23.7 Å². The number of hydrogen-bond donors (Lipinski definition) is 2. The first-order valence-corrected chi connectivity index (χ1v) is 8.29. The van der Waals surface area contributed by atoms with Gasteiger partial charge in [0, 0.05) is 0 Å². The summed E-state index contributed by atoms with van der Waals surface area (Å²) in [6.45, 7) is 6.53. The molecule has 0 aliphatic carbocycles. The van der Waals surface area contributed by atoms with Gasteiger partial charge in [0.15, 0.2) is 0 Å². The fourth-order valence-electron chi connectivity index (χ4n) is 1.50. The third-order valence-corrected chi connectivity index (χ3v) is 9.80. The second-order valence-corrected chi connectivity index (χ2v) is 9.69. The minimum absolute atomic E-state index is 0.0224. The zero-order chi connectivity index (χ0) is 8.43. The first kappa shape index (κ1) is 9.74. The molecular formula is C8H18INO. The van der Waals surface area contributed by atoms with E-state index in [1.54, 1.807) is 0 Å². The Labute approximate surface area is 76.1 Å². The summed E-state index contributed by atoms with van der Waals surface area (Å²) in [6, 6.07) is 0.352. The number of hydrogen-bond acceptors (Lipinski definition) is 2. The molecule has 0 spiro atoms. The molecule has 0 aromatic carbocycles. The van der Waals surface area contributed by atoms with Crippen molar-refractivity contribution in [3.63, 3.8) is 0 Å². The average Bonchev–Trinajstić information content (AvgIpc) is 2.28. The molecule has 0 aromatic rings. The number of rotatable bonds is 2. The normalized spacial score (nSPS) is 41.5. The van der Waals surface area contributed by atoms with Gasteiger partial charge < -0.3 is 0 Å². The van der Waals surface area contributed by atoms with Gasteiger partial charge in [-0.15, -0.1) is 0 Å². The SMILES string of the molecule is CCC1NC(C)C(O)I1CC. The zero-order valence-electron chi connectivity index (χ0n) is 7.47. The van der Waals surface area contributed by atoms with Crippen LogP contribution in [0.5, 0.6) is 0 Å². The number of aliphatic hydroxyl groups excluding tert-OH is 1. The van der Waals surface area contributed by atoms with E-state index in [1.807, 2.05) is 0 Å². The molecule has 0 saturated carbocycles. The van der Waals surface area contributed by atoms with Crippen LogP contribution in [0.15, 0.2) is 0 Å². The molecule has 3 heteroatoms. The van der Waals surface area contributed by atoms with E-state index < -0.39 is 19.8 Å². The summed E-state index contributed by atoms with van der Waals surface area (Å²) in [5.41, 5.74) is 0. The standard InChI is InChI=1S/C8H18INO/c1-4-7-9(5-2)8(11)6(3)10-7/h6-8,10-11H,4-5H2,1-3H3. The van der Waals surface area contributed by atoms with Gasteiger partial charge in [-0.1, -0.05) is 0 Å². The monoisotopic (exact) mass is 271 g/mol. The number of alkyl halides is 3. The maximum atomic E-state index is 9.77. The molecule has 1 aliphatic rings. The Balaban J connectivity index is 2.57. The third kappa shape index (κ3) is 1.87. The van der Waals surface area contributed by atoms with Gasteiger partial charge in [-0.3, -0.25) is 0 Å². The van der Waals surface area contributed by atoms with Crippen molar-refractivity contribution < 1.29 is 5.11 Å². The van der Waals surface area contributed by atoms with Crippen molar-refractivity contribution in [3.8, 4) is 0 Å². The molecule has 68 valence electrons. The first-order valence-electron chi connectivity index (χ1n) is 4.27. The van der Waals surface area contributed by atoms with Gasteiger partial charge in [-0.2, -0.15) is 0 Å². The third-order valence-electron chi connectivity index (χ3n) is 2.15. The van der Waals surface area contributed by atoms with Crippen molar-refractivity contribution in [2.45, 2.75) is 41.4 Å². The second kappa shape index (κ2) is 4.05. The topological polar surface area (TPSA) is 32.3 Å². The molecule has 1 fully saturated rings. The van der Waals surface area contributed by atoms with Crippen LogP contribution < -0.4 is 5.32 Å². The van der Waals surface area contributed by atoms with Crippen LogP contribution in [0.25, 0.3) is 0 Å². The molecule has 1 rings (SSSR count). The summed E-state index contributed by atoms with van der Waals surface area (Å²) in [7, 11) is 0. The van der Waals surface area contributed by atoms with Crippen LogP contribution in [0.1, 0.15) is 27.2 Å². The molecular weight excluding hydrogens is 253 g/mol. The fraction of sp³-hybridized carbons (Fsp3) is 1.00. The molecule has 0 aromatic heterocycles. The van der Waals surface area contributed by atoms with Gasteiger partial charge in [0.25, 0.3) is 0 Å². The van der Waals surface area contributed by atoms with Crippen LogP contribution in [0, 0.1) is 0 Å². The molecule has 11 heavy (non-hydrogen) atoms. The fourth-order valence-corrected chi connectivity index (χ4v) is 8.11. The van der Waals surface area contributed by atoms with Crippen LogP contribution in [0.4, 0.5) is 0 Å². The van der Waals surface area contributed by atoms with Crippen molar-refractivity contribution in [2.24, 2.45) is 0 Å². The second-order valence-electron chi connectivity index (χ2n) is 2.91. The molecule has 3 atom stereocenters. The van der Waals surface area contributed by atoms with Crippen LogP contribution in [-0.2, 0) is 0 Å². The molecule has 3 unspecified atom stereocenters. The summed E-state index contributed by atoms with van der Waals surface area (Å²) in [5.74, 6) is 0. The van der Waals surface area contributed by atoms with Crippen molar-refractivity contribution in [1.29, 1.82) is 0 Å². The van der Waals surface area contributed by atoms with Gasteiger partial charge in [-0.05, 0) is 0 Å². The molecule has 2 nitrogen and oxygen atoms in total. The van der Waals surface area contributed by atoms with Gasteiger partial charge in [0.1, 0.15) is 0 Å². The molecule has 0 radical (unpaired) electrons. The molecule has 1 aliphatic heterocycles. The first-order chi connectivity index (χ1) is 5.20. The predicted molar refractivity (Wildman–Crippen MR) is 57.2 cm³/mol. The number of aliphatic hydroxyl groups is 1. The summed E-state index contributed by atoms with van der Waals surface area (Å²) >= 11 is -1.06. The van der Waals surface area contributed by atoms with Crippen molar-refractivity contribution in [1.82, 2.24) is 5.32 Å². The maximum absolute atomic E-state index is 9.77. The Morgan fingerprint density at radius 1 is 1.45 bits per heavy atom. The molecule has 1 heterocycles. The van der Waals surface area contributed by atoms with Gasteiger partial charge in [0.05, 0.1) is 0 Å². The van der Waals surface area contributed by atoms with E-state index in [0.29, 0.717) is 10.1 Å². The van der Waals surface area contributed by atoms with E-state index in [4.69, 9.17) is 0 Å². The molecule has 2 N–H and O–H groups in total. The summed E-state index contributed by atoms with van der Waals surface area (Å²) in [5, 5.41) is 13.2. The van der Waals surface area contributed by atoms with Crippen LogP contribution >= 0.6 is 19.8 Å². The summed E-state index contributed by atoms with van der Waals surface area (Å²) in [4.78, 5) is 0. The average molecular weight is 271 g/mol. The van der Waals surface area contributed by atoms with E-state index >= 15 is 0 Å². The van der Waals surface area contributed by atoms with Crippen molar-refractivity contribution >= 4 is 19.8 Å². The quantitative estimate of drug-likeness (QED) is 0.454.